The molecule has 0 aliphatic carbocycles. The topological polar surface area (TPSA) is 57.7 Å². The van der Waals surface area contributed by atoms with Gasteiger partial charge < -0.3 is 0 Å². The van der Waals surface area contributed by atoms with Crippen molar-refractivity contribution in [1.82, 2.24) is 10.0 Å². The van der Waals surface area contributed by atoms with Gasteiger partial charge >= 0.3 is 0 Å². The van der Waals surface area contributed by atoms with Crippen molar-refractivity contribution in [3.05, 3.63) is 35.2 Å². The molecule has 5 nitrogen and oxygen atoms in total. The normalized spacial score (nSPS) is 18.4. The third-order valence-electron chi connectivity index (χ3n) is 4.01. The molecule has 1 amide bonds. The Bertz CT molecular complexity index is 784. The van der Waals surface area contributed by atoms with Gasteiger partial charge in [-0.05, 0) is 22.4 Å². The first-order valence-electron chi connectivity index (χ1n) is 7.13. The molecule has 0 bridgehead atoms. The van der Waals surface area contributed by atoms with Crippen LogP contribution in [0.3, 0.4) is 0 Å². The molecule has 1 aromatic heterocycles. The number of thiophene rings is 1. The van der Waals surface area contributed by atoms with Crippen LogP contribution in [-0.4, -0.2) is 56.0 Å². The molecule has 2 aromatic rings. The molecule has 3 rings (SSSR count). The maximum atomic E-state index is 12.5. The fraction of sp³-hybridized carbons (Fsp3) is 0.400. The van der Waals surface area contributed by atoms with Gasteiger partial charge in [0.05, 0.1) is 17.9 Å². The maximum Gasteiger partial charge on any atom is 0.241 e. The molecule has 0 unspecified atom stereocenters. The number of nitrogens with zero attached hydrogens (tertiary/aromatic N) is 2. The summed E-state index contributed by atoms with van der Waals surface area (Å²) in [6, 6.07) is 8.04. The Morgan fingerprint density at radius 1 is 1.27 bits per heavy atom. The molecule has 2 heterocycles. The van der Waals surface area contributed by atoms with Crippen LogP contribution in [0.4, 0.5) is 0 Å². The standard InChI is InChI=1S/C15H18N2O3S2/c1-16(17-6-8-22(19,20)9-7-17)15(18)10-12-11-21-14-5-3-2-4-13(12)14/h2-5,11H,6-10H2,1H3. The SMILES string of the molecule is CN(C(=O)Cc1csc2ccccc12)N1CCS(=O)(=O)CC1. The summed E-state index contributed by atoms with van der Waals surface area (Å²) in [5.74, 6) is 0.223. The van der Waals surface area contributed by atoms with Gasteiger partial charge in [0.2, 0.25) is 5.91 Å². The van der Waals surface area contributed by atoms with E-state index in [-0.39, 0.29) is 17.4 Å². The predicted molar refractivity (Wildman–Crippen MR) is 88.5 cm³/mol. The van der Waals surface area contributed by atoms with Crippen molar-refractivity contribution in [2.24, 2.45) is 0 Å². The van der Waals surface area contributed by atoms with E-state index in [1.165, 1.54) is 4.70 Å². The second-order valence-electron chi connectivity index (χ2n) is 5.46. The summed E-state index contributed by atoms with van der Waals surface area (Å²) in [6.07, 6.45) is 0.337. The van der Waals surface area contributed by atoms with E-state index in [1.54, 1.807) is 23.4 Å². The van der Waals surface area contributed by atoms with Crippen LogP contribution in [0.2, 0.25) is 0 Å². The number of carbonyl (C=O) groups excluding carboxylic acids is 1. The summed E-state index contributed by atoms with van der Waals surface area (Å²) in [6.45, 7) is 0.768. The Hall–Kier alpha value is -1.44. The highest BCUT2D eigenvalue weighted by molar-refractivity contribution is 7.91. The highest BCUT2D eigenvalue weighted by Crippen LogP contribution is 2.26. The minimum atomic E-state index is -2.93. The maximum absolute atomic E-state index is 12.5. The number of hydrogen-bond acceptors (Lipinski definition) is 5. The summed E-state index contributed by atoms with van der Waals surface area (Å²) in [5.41, 5.74) is 1.03. The number of fused-ring (bicyclic) bond motifs is 1. The molecule has 0 radical (unpaired) electrons. The van der Waals surface area contributed by atoms with Crippen molar-refractivity contribution >= 4 is 37.2 Å². The molecule has 1 aromatic carbocycles. The number of likely N-dealkylation sites (N-methyl/N-ethyl adjacent to an activating group) is 1. The molecule has 0 atom stereocenters. The molecule has 1 saturated heterocycles. The second kappa shape index (κ2) is 5.98. The lowest BCUT2D eigenvalue weighted by Crippen LogP contribution is -2.51. The quantitative estimate of drug-likeness (QED) is 0.852. The Morgan fingerprint density at radius 2 is 1.95 bits per heavy atom. The van der Waals surface area contributed by atoms with Crippen LogP contribution in [0, 0.1) is 0 Å². The van der Waals surface area contributed by atoms with Gasteiger partial charge in [-0.25, -0.2) is 13.4 Å². The number of carbonyl (C=O) groups is 1. The first-order chi connectivity index (χ1) is 10.5. The Balaban J connectivity index is 1.69. The van der Waals surface area contributed by atoms with Crippen molar-refractivity contribution in [2.75, 3.05) is 31.6 Å². The van der Waals surface area contributed by atoms with Crippen LogP contribution in [-0.2, 0) is 21.1 Å². The summed E-state index contributed by atoms with van der Waals surface area (Å²) in [5, 5.41) is 6.53. The second-order valence-corrected chi connectivity index (χ2v) is 8.67. The number of rotatable bonds is 3. The molecule has 22 heavy (non-hydrogen) atoms. The van der Waals surface area contributed by atoms with Gasteiger partial charge in [0.1, 0.15) is 0 Å². The van der Waals surface area contributed by atoms with Crippen LogP contribution in [0.1, 0.15) is 5.56 Å². The van der Waals surface area contributed by atoms with Crippen LogP contribution in [0.15, 0.2) is 29.6 Å². The summed E-state index contributed by atoms with van der Waals surface area (Å²) >= 11 is 1.64. The van der Waals surface area contributed by atoms with Crippen molar-refractivity contribution in [1.29, 1.82) is 0 Å². The van der Waals surface area contributed by atoms with E-state index < -0.39 is 9.84 Å². The van der Waals surface area contributed by atoms with Crippen molar-refractivity contribution in [3.63, 3.8) is 0 Å². The number of hydrazine groups is 1. The zero-order valence-corrected chi connectivity index (χ0v) is 14.0. The predicted octanol–water partition coefficient (Wildman–Crippen LogP) is 1.55. The van der Waals surface area contributed by atoms with Gasteiger partial charge in [0.15, 0.2) is 9.84 Å². The van der Waals surface area contributed by atoms with E-state index in [0.29, 0.717) is 19.5 Å². The van der Waals surface area contributed by atoms with Gasteiger partial charge in [-0.15, -0.1) is 11.3 Å². The zero-order valence-electron chi connectivity index (χ0n) is 12.4. The minimum absolute atomic E-state index is 0.0112. The van der Waals surface area contributed by atoms with Gasteiger partial charge in [-0.3, -0.25) is 9.80 Å². The van der Waals surface area contributed by atoms with Crippen molar-refractivity contribution in [2.45, 2.75) is 6.42 Å². The number of sulfone groups is 1. The fourth-order valence-electron chi connectivity index (χ4n) is 2.61. The largest absolute Gasteiger partial charge is 0.278 e. The Morgan fingerprint density at radius 3 is 2.68 bits per heavy atom. The van der Waals surface area contributed by atoms with Gasteiger partial charge in [0, 0.05) is 24.8 Å². The van der Waals surface area contributed by atoms with E-state index >= 15 is 0 Å². The lowest BCUT2D eigenvalue weighted by molar-refractivity contribution is -0.144. The van der Waals surface area contributed by atoms with E-state index in [2.05, 4.69) is 0 Å². The third kappa shape index (κ3) is 3.16. The molecule has 7 heteroatoms. The lowest BCUT2D eigenvalue weighted by Gasteiger charge is -2.34. The van der Waals surface area contributed by atoms with Gasteiger partial charge in [0.25, 0.3) is 0 Å². The molecule has 1 fully saturated rings. The smallest absolute Gasteiger partial charge is 0.241 e. The van der Waals surface area contributed by atoms with E-state index in [0.717, 1.165) is 10.9 Å². The Kier molecular flexibility index (Phi) is 4.20. The lowest BCUT2D eigenvalue weighted by atomic mass is 10.1. The number of amides is 1. The highest BCUT2D eigenvalue weighted by atomic mass is 32.2. The Labute approximate surface area is 134 Å². The molecular weight excluding hydrogens is 320 g/mol. The summed E-state index contributed by atoms with van der Waals surface area (Å²) in [7, 11) is -1.21. The molecule has 118 valence electrons. The van der Waals surface area contributed by atoms with Crippen LogP contribution in [0.25, 0.3) is 10.1 Å². The molecular formula is C15H18N2O3S2. The monoisotopic (exact) mass is 338 g/mol. The minimum Gasteiger partial charge on any atom is -0.278 e. The first-order valence-corrected chi connectivity index (χ1v) is 9.83. The first kappa shape index (κ1) is 15.5. The summed E-state index contributed by atoms with van der Waals surface area (Å²) in [4.78, 5) is 12.5. The van der Waals surface area contributed by atoms with Crippen molar-refractivity contribution < 1.29 is 13.2 Å². The number of benzene rings is 1. The van der Waals surface area contributed by atoms with Crippen LogP contribution < -0.4 is 0 Å². The van der Waals surface area contributed by atoms with E-state index in [1.807, 2.05) is 34.7 Å². The van der Waals surface area contributed by atoms with Gasteiger partial charge in [-0.2, -0.15) is 0 Å². The fourth-order valence-corrected chi connectivity index (χ4v) is 4.75. The molecule has 0 saturated carbocycles. The van der Waals surface area contributed by atoms with Gasteiger partial charge in [-0.1, -0.05) is 18.2 Å². The average Bonchev–Trinajstić information content (AvgIpc) is 2.90. The van der Waals surface area contributed by atoms with Crippen molar-refractivity contribution in [3.8, 4) is 0 Å². The summed E-state index contributed by atoms with van der Waals surface area (Å²) < 4.78 is 24.1. The zero-order chi connectivity index (χ0) is 15.7. The van der Waals surface area contributed by atoms with Crippen LogP contribution >= 0.6 is 11.3 Å². The van der Waals surface area contributed by atoms with Crippen LogP contribution in [0.5, 0.6) is 0 Å². The molecule has 0 spiro atoms. The molecule has 0 N–H and O–H groups in total. The molecule has 1 aliphatic rings. The average molecular weight is 338 g/mol. The van der Waals surface area contributed by atoms with E-state index in [4.69, 9.17) is 0 Å². The highest BCUT2D eigenvalue weighted by Gasteiger charge is 2.26. The molecule has 1 aliphatic heterocycles. The number of hydrogen-bond donors (Lipinski definition) is 0. The third-order valence-corrected chi connectivity index (χ3v) is 6.63. The van der Waals surface area contributed by atoms with E-state index in [9.17, 15) is 13.2 Å².